The lowest BCUT2D eigenvalue weighted by Gasteiger charge is -2.12. The van der Waals surface area contributed by atoms with Crippen LogP contribution in [0.25, 0.3) is 199 Å². The number of fused-ring (bicyclic) bond motifs is 15. The van der Waals surface area contributed by atoms with Crippen molar-refractivity contribution < 1.29 is 0 Å². The van der Waals surface area contributed by atoms with Gasteiger partial charge < -0.3 is 0 Å². The molecule has 115 heavy (non-hydrogen) atoms. The van der Waals surface area contributed by atoms with Gasteiger partial charge in [0, 0.05) is 70.7 Å². The molecule has 532 valence electrons. The van der Waals surface area contributed by atoms with Gasteiger partial charge in [-0.25, -0.2) is 15.0 Å². The first kappa shape index (κ1) is 69.7. The average Bonchev–Trinajstić information content (AvgIpc) is 1.74. The minimum Gasteiger partial charge on any atom is -0.247 e. The van der Waals surface area contributed by atoms with E-state index in [0.717, 1.165) is 199 Å². The summed E-state index contributed by atoms with van der Waals surface area (Å²) >= 11 is 3.69. The highest BCUT2D eigenvalue weighted by molar-refractivity contribution is 7.00. The number of hydrogen-bond acceptors (Lipinski definition) is 17. The monoisotopic (exact) mass is 1520 g/mol. The van der Waals surface area contributed by atoms with Crippen molar-refractivity contribution in [1.82, 2.24) is 41.2 Å². The summed E-state index contributed by atoms with van der Waals surface area (Å²) in [7, 11) is 0. The van der Waals surface area contributed by atoms with Gasteiger partial charge >= 0.3 is 0 Å². The maximum Gasteiger partial charge on any atom is 0.113 e. The van der Waals surface area contributed by atoms with E-state index >= 15 is 0 Å². The molecule has 0 fully saturated rings. The second-order valence-corrected chi connectivity index (χ2v) is 29.0. The van der Waals surface area contributed by atoms with E-state index in [4.69, 9.17) is 20.2 Å². The molecule has 15 aromatic carbocycles. The summed E-state index contributed by atoms with van der Waals surface area (Å²) in [5, 5.41) is 56.2. The maximum absolute atomic E-state index is 9.56. The van der Waals surface area contributed by atoms with Crippen LogP contribution in [0.3, 0.4) is 0 Å². The van der Waals surface area contributed by atoms with Crippen molar-refractivity contribution in [3.8, 4) is 131 Å². The number of aromatic nitrogens is 9. The second-order valence-electron chi connectivity index (χ2n) is 27.5. The predicted molar refractivity (Wildman–Crippen MR) is 463 cm³/mol. The highest BCUT2D eigenvalue weighted by Crippen LogP contribution is 2.43. The third kappa shape index (κ3) is 13.1. The van der Waals surface area contributed by atoms with E-state index in [0.29, 0.717) is 27.8 Å². The highest BCUT2D eigenvalue weighted by atomic mass is 32.1. The van der Waals surface area contributed by atoms with Crippen LogP contribution in [0.5, 0.6) is 0 Å². The van der Waals surface area contributed by atoms with Gasteiger partial charge in [-0.1, -0.05) is 212 Å². The quantitative estimate of drug-likeness (QED) is 0.122. The van der Waals surface area contributed by atoms with E-state index < -0.39 is 0 Å². The molecule has 0 bridgehead atoms. The summed E-state index contributed by atoms with van der Waals surface area (Å²) in [4.78, 5) is 15.5. The first-order valence-corrected chi connectivity index (χ1v) is 38.8. The van der Waals surface area contributed by atoms with Crippen LogP contribution < -0.4 is 0 Å². The molecule has 0 saturated carbocycles. The zero-order valence-corrected chi connectivity index (χ0v) is 63.0. The van der Waals surface area contributed by atoms with Crippen molar-refractivity contribution in [1.29, 1.82) is 26.3 Å². The minimum atomic E-state index is 0.472. The van der Waals surface area contributed by atoms with E-state index in [1.165, 1.54) is 35.2 Å². The molecular weight excluding hydrogens is 1470 g/mol. The first-order valence-electron chi connectivity index (χ1n) is 36.6. The van der Waals surface area contributed by atoms with Crippen LogP contribution in [0.1, 0.15) is 27.8 Å². The number of nitrogens with zero attached hydrogens (tertiary/aromatic N) is 14. The molecule has 6 heterocycles. The molecule has 17 heteroatoms. The van der Waals surface area contributed by atoms with Crippen LogP contribution >= 0.6 is 35.2 Å². The third-order valence-electron chi connectivity index (χ3n) is 20.8. The fraction of sp³-hybridized carbons (Fsp3) is 0. The van der Waals surface area contributed by atoms with Crippen LogP contribution in [0, 0.1) is 56.7 Å². The van der Waals surface area contributed by atoms with Gasteiger partial charge in [-0.05, 0) is 164 Å². The molecule has 14 nitrogen and oxygen atoms in total. The van der Waals surface area contributed by atoms with Crippen molar-refractivity contribution in [2.24, 2.45) is 0 Å². The molecule has 21 aromatic rings. The maximum atomic E-state index is 9.56. The average molecular weight is 1520 g/mol. The molecule has 0 aliphatic heterocycles. The number of hydrogen-bond donors (Lipinski definition) is 0. The van der Waals surface area contributed by atoms with Crippen molar-refractivity contribution in [3.63, 3.8) is 0 Å². The molecule has 0 radical (unpaired) electrons. The van der Waals surface area contributed by atoms with Crippen molar-refractivity contribution in [3.05, 3.63) is 343 Å². The summed E-state index contributed by atoms with van der Waals surface area (Å²) in [6.45, 7) is 0. The fourth-order valence-corrected chi connectivity index (χ4v) is 16.8. The van der Waals surface area contributed by atoms with E-state index in [-0.39, 0.29) is 0 Å². The molecular formula is C98H52N14S3. The van der Waals surface area contributed by atoms with Gasteiger partial charge in [-0.15, -0.1) is 0 Å². The Bertz CT molecular complexity index is 7660. The van der Waals surface area contributed by atoms with E-state index in [1.54, 1.807) is 36.4 Å². The summed E-state index contributed by atoms with van der Waals surface area (Å²) in [5.41, 5.74) is 28.8. The van der Waals surface area contributed by atoms with Crippen LogP contribution in [0.4, 0.5) is 0 Å². The molecule has 21 rings (SSSR count). The van der Waals surface area contributed by atoms with Gasteiger partial charge in [0.05, 0.1) is 127 Å². The van der Waals surface area contributed by atoms with Crippen molar-refractivity contribution >= 4 is 133 Å². The van der Waals surface area contributed by atoms with Crippen LogP contribution in [-0.4, -0.2) is 41.2 Å². The number of rotatable bonds is 9. The topological polar surface area (TPSA) is 235 Å². The Hall–Kier alpha value is -15.8. The molecule has 0 spiro atoms. The minimum absolute atomic E-state index is 0.472. The Morgan fingerprint density at radius 1 is 0.200 bits per heavy atom. The number of nitriles is 5. The molecule has 0 amide bonds. The normalized spacial score (nSPS) is 11.1. The predicted octanol–water partition coefficient (Wildman–Crippen LogP) is 24.5. The summed E-state index contributed by atoms with van der Waals surface area (Å²) in [6.07, 6.45) is 0. The molecule has 0 N–H and O–H groups in total. The van der Waals surface area contributed by atoms with Gasteiger partial charge in [0.1, 0.15) is 33.1 Å². The van der Waals surface area contributed by atoms with Crippen LogP contribution in [-0.2, 0) is 0 Å². The smallest absolute Gasteiger partial charge is 0.113 e. The molecule has 6 aromatic heterocycles. The van der Waals surface area contributed by atoms with Crippen molar-refractivity contribution in [2.75, 3.05) is 0 Å². The van der Waals surface area contributed by atoms with Gasteiger partial charge in [-0.2, -0.15) is 52.6 Å². The van der Waals surface area contributed by atoms with Crippen LogP contribution in [0.2, 0.25) is 0 Å². The van der Waals surface area contributed by atoms with Gasteiger partial charge in [0.2, 0.25) is 0 Å². The standard InChI is InChI=1S/2C33H17N5S.C32H18N4S/c34-18-20-14-21(19-35)16-26(15-20)23-8-6-22(7-9-23)25-10-11-27-30(17-25)36-32(24-4-2-1-3-5-24)28-12-13-29-33(31(27)28)38-39-37-29;34-18-20-6-7-25(19-35)28(16-20)22-10-8-21(9-11-22)24-12-13-26-30(17-24)36-32(23-4-2-1-3-5-23)27-14-15-29-33(31(26)27)38-39-37-29;33-19-20-6-8-21(9-7-20)22-10-12-23(13-11-22)25-14-15-26-29(18-25)34-31(24-4-2-1-3-5-24)27-16-17-28-32(30(26)27)36-37-35-28/h2*1-17H;1-18H. The molecule has 0 saturated heterocycles. The van der Waals surface area contributed by atoms with E-state index in [1.807, 2.05) is 133 Å². The third-order valence-corrected chi connectivity index (χ3v) is 22.4. The fourth-order valence-electron chi connectivity index (χ4n) is 15.2. The largest absolute Gasteiger partial charge is 0.247 e. The molecule has 0 unspecified atom stereocenters. The Morgan fingerprint density at radius 3 is 0.852 bits per heavy atom. The molecule has 0 aliphatic carbocycles. The zero-order valence-electron chi connectivity index (χ0n) is 60.5. The lowest BCUT2D eigenvalue weighted by atomic mass is 9.94. The summed E-state index contributed by atoms with van der Waals surface area (Å²) in [6, 6.07) is 116. The zero-order chi connectivity index (χ0) is 77.5. The Morgan fingerprint density at radius 2 is 0.504 bits per heavy atom. The summed E-state index contributed by atoms with van der Waals surface area (Å²) < 4.78 is 27.3. The number of pyridine rings is 3. The van der Waals surface area contributed by atoms with E-state index in [2.05, 4.69) is 202 Å². The number of benzene rings is 15. The van der Waals surface area contributed by atoms with Gasteiger partial charge in [0.25, 0.3) is 0 Å². The Labute approximate surface area is 670 Å². The Balaban J connectivity index is 0.000000115. The molecule has 0 atom stereocenters. The lowest BCUT2D eigenvalue weighted by molar-refractivity contribution is 1.43. The first-order chi connectivity index (χ1) is 56.7. The van der Waals surface area contributed by atoms with E-state index in [9.17, 15) is 21.0 Å². The highest BCUT2D eigenvalue weighted by Gasteiger charge is 2.21. The van der Waals surface area contributed by atoms with Crippen molar-refractivity contribution in [2.45, 2.75) is 0 Å². The van der Waals surface area contributed by atoms with Gasteiger partial charge in [-0.3, -0.25) is 0 Å². The molecule has 0 aliphatic rings. The second kappa shape index (κ2) is 29.9. The summed E-state index contributed by atoms with van der Waals surface area (Å²) in [5.74, 6) is 0. The van der Waals surface area contributed by atoms with Gasteiger partial charge in [0.15, 0.2) is 0 Å². The van der Waals surface area contributed by atoms with Crippen LogP contribution in [0.15, 0.2) is 315 Å². The Kier molecular flexibility index (Phi) is 18.1. The SMILES string of the molecule is N#Cc1cc(C#N)cc(-c2ccc(-c3ccc4c(c3)nc(-c3ccccc3)c3ccc5nsnc5c34)cc2)c1.N#Cc1ccc(-c2ccc(-c3ccc4c(c3)nc(-c3ccccc3)c3ccc5nsnc5c34)cc2)cc1.N#Cc1ccc(C#N)c(-c2ccc(-c3ccc4c(c3)nc(-c3ccccc3)c3ccc5nsnc5c34)cc2)c1. The lowest BCUT2D eigenvalue weighted by Crippen LogP contribution is -1.92.